The van der Waals surface area contributed by atoms with Gasteiger partial charge in [-0.3, -0.25) is 13.7 Å². The molecule has 168 valence electrons. The molecule has 1 saturated heterocycles. The Hall–Kier alpha value is -3.07. The van der Waals surface area contributed by atoms with Gasteiger partial charge in [-0.05, 0) is 48.9 Å². The van der Waals surface area contributed by atoms with Crippen molar-refractivity contribution >= 4 is 32.7 Å². The van der Waals surface area contributed by atoms with Gasteiger partial charge in [-0.2, -0.15) is 0 Å². The molecule has 3 heterocycles. The molecule has 3 aromatic rings. The summed E-state index contributed by atoms with van der Waals surface area (Å²) in [6, 6.07) is 11.8. The number of aromatic nitrogens is 1. The standard InChI is InChI=1S/C23H25N3O5S/c1-16-8-11-24(12-9-16)22(27)15-25-20-7-6-18(14-21(20)31-23(25)28)32(29,30)26-13-10-17-4-2-3-5-19(17)26/h2-7,14,16H,8-13,15H2,1H3. The molecule has 8 nitrogen and oxygen atoms in total. The predicted octanol–water partition coefficient (Wildman–Crippen LogP) is 2.60. The van der Waals surface area contributed by atoms with Crippen LogP contribution in [0.2, 0.25) is 0 Å². The summed E-state index contributed by atoms with van der Waals surface area (Å²) in [7, 11) is -3.81. The second-order valence-electron chi connectivity index (χ2n) is 8.60. The number of likely N-dealkylation sites (tertiary alicyclic amines) is 1. The Kier molecular flexibility index (Phi) is 5.08. The van der Waals surface area contributed by atoms with Gasteiger partial charge in [0.25, 0.3) is 10.0 Å². The lowest BCUT2D eigenvalue weighted by Gasteiger charge is -2.30. The Morgan fingerprint density at radius 2 is 1.84 bits per heavy atom. The van der Waals surface area contributed by atoms with Crippen molar-refractivity contribution in [3.63, 3.8) is 0 Å². The van der Waals surface area contributed by atoms with Gasteiger partial charge in [-0.25, -0.2) is 13.2 Å². The fourth-order valence-corrected chi connectivity index (χ4v) is 6.05. The fraction of sp³-hybridized carbons (Fsp3) is 0.391. The lowest BCUT2D eigenvalue weighted by atomic mass is 9.99. The summed E-state index contributed by atoms with van der Waals surface area (Å²) in [4.78, 5) is 27.0. The highest BCUT2D eigenvalue weighted by Gasteiger charge is 2.31. The summed E-state index contributed by atoms with van der Waals surface area (Å²) >= 11 is 0. The van der Waals surface area contributed by atoms with Crippen molar-refractivity contribution in [1.29, 1.82) is 0 Å². The van der Waals surface area contributed by atoms with Crippen LogP contribution in [0.3, 0.4) is 0 Å². The van der Waals surface area contributed by atoms with Gasteiger partial charge < -0.3 is 9.32 Å². The maximum Gasteiger partial charge on any atom is 0.420 e. The normalized spacial score (nSPS) is 17.2. The largest absolute Gasteiger partial charge is 0.420 e. The minimum absolute atomic E-state index is 0.0546. The van der Waals surface area contributed by atoms with Crippen LogP contribution >= 0.6 is 0 Å². The van der Waals surface area contributed by atoms with Crippen LogP contribution in [0.4, 0.5) is 5.69 Å². The molecule has 32 heavy (non-hydrogen) atoms. The highest BCUT2D eigenvalue weighted by atomic mass is 32.2. The zero-order chi connectivity index (χ0) is 22.5. The lowest BCUT2D eigenvalue weighted by molar-refractivity contribution is -0.133. The van der Waals surface area contributed by atoms with Gasteiger partial charge in [0.15, 0.2) is 5.58 Å². The minimum atomic E-state index is -3.81. The van der Waals surface area contributed by atoms with E-state index in [0.717, 1.165) is 18.4 Å². The highest BCUT2D eigenvalue weighted by Crippen LogP contribution is 2.33. The Morgan fingerprint density at radius 1 is 1.09 bits per heavy atom. The van der Waals surface area contributed by atoms with Crippen LogP contribution < -0.4 is 10.1 Å². The molecule has 1 aromatic heterocycles. The van der Waals surface area contributed by atoms with Crippen molar-refractivity contribution in [2.24, 2.45) is 5.92 Å². The second-order valence-corrected chi connectivity index (χ2v) is 10.5. The summed E-state index contributed by atoms with van der Waals surface area (Å²) in [6.45, 7) is 3.79. The van der Waals surface area contributed by atoms with E-state index in [9.17, 15) is 18.0 Å². The van der Waals surface area contributed by atoms with E-state index in [-0.39, 0.29) is 22.9 Å². The molecule has 2 aromatic carbocycles. The van der Waals surface area contributed by atoms with Crippen molar-refractivity contribution in [2.45, 2.75) is 37.6 Å². The van der Waals surface area contributed by atoms with Gasteiger partial charge in [0.05, 0.1) is 16.1 Å². The molecule has 0 N–H and O–H groups in total. The number of amides is 1. The van der Waals surface area contributed by atoms with Crippen molar-refractivity contribution in [3.05, 3.63) is 58.6 Å². The monoisotopic (exact) mass is 455 g/mol. The first-order chi connectivity index (χ1) is 15.3. The van der Waals surface area contributed by atoms with Gasteiger partial charge >= 0.3 is 5.76 Å². The number of anilines is 1. The third-order valence-corrected chi connectivity index (χ3v) is 8.31. The number of nitrogens with zero attached hydrogens (tertiary/aromatic N) is 3. The summed E-state index contributed by atoms with van der Waals surface area (Å²) < 4.78 is 34.6. The van der Waals surface area contributed by atoms with Crippen LogP contribution in [0.5, 0.6) is 0 Å². The number of sulfonamides is 1. The summed E-state index contributed by atoms with van der Waals surface area (Å²) in [6.07, 6.45) is 2.56. The van der Waals surface area contributed by atoms with Crippen LogP contribution in [-0.4, -0.2) is 43.4 Å². The number of carbonyl (C=O) groups is 1. The van der Waals surface area contributed by atoms with Crippen LogP contribution in [0.1, 0.15) is 25.3 Å². The molecule has 9 heteroatoms. The Balaban J connectivity index is 1.43. The molecule has 0 bridgehead atoms. The lowest BCUT2D eigenvalue weighted by Crippen LogP contribution is -2.40. The molecule has 0 spiro atoms. The predicted molar refractivity (Wildman–Crippen MR) is 120 cm³/mol. The number of piperidine rings is 1. The first kappa shape index (κ1) is 20.8. The first-order valence-corrected chi connectivity index (χ1v) is 12.3. The van der Waals surface area contributed by atoms with Gasteiger partial charge in [0.2, 0.25) is 5.91 Å². The molecule has 1 fully saturated rings. The van der Waals surface area contributed by atoms with E-state index in [1.807, 2.05) is 18.2 Å². The number of rotatable bonds is 4. The van der Waals surface area contributed by atoms with E-state index >= 15 is 0 Å². The number of para-hydroxylation sites is 1. The van der Waals surface area contributed by atoms with E-state index < -0.39 is 15.8 Å². The van der Waals surface area contributed by atoms with Crippen LogP contribution in [-0.2, 0) is 27.8 Å². The molecule has 2 aliphatic heterocycles. The van der Waals surface area contributed by atoms with Gasteiger partial charge in [-0.15, -0.1) is 0 Å². The molecular weight excluding hydrogens is 430 g/mol. The van der Waals surface area contributed by atoms with Crippen molar-refractivity contribution in [3.8, 4) is 0 Å². The third kappa shape index (κ3) is 3.50. The first-order valence-electron chi connectivity index (χ1n) is 10.9. The molecule has 0 unspecified atom stereocenters. The number of hydrogen-bond donors (Lipinski definition) is 0. The maximum absolute atomic E-state index is 13.3. The number of hydrogen-bond acceptors (Lipinski definition) is 5. The number of carbonyl (C=O) groups excluding carboxylic acids is 1. The van der Waals surface area contributed by atoms with E-state index in [4.69, 9.17) is 4.42 Å². The SMILES string of the molecule is CC1CCN(C(=O)Cn2c(=O)oc3cc(S(=O)(=O)N4CCc5ccccc54)ccc32)CC1. The average molecular weight is 456 g/mol. The summed E-state index contributed by atoms with van der Waals surface area (Å²) in [5, 5.41) is 0. The Bertz CT molecular complexity index is 1350. The maximum atomic E-state index is 13.3. The number of benzene rings is 2. The van der Waals surface area contributed by atoms with Gasteiger partial charge in [0, 0.05) is 25.7 Å². The van der Waals surface area contributed by atoms with Crippen molar-refractivity contribution in [1.82, 2.24) is 9.47 Å². The van der Waals surface area contributed by atoms with Crippen molar-refractivity contribution in [2.75, 3.05) is 23.9 Å². The summed E-state index contributed by atoms with van der Waals surface area (Å²) in [5.41, 5.74) is 2.23. The molecule has 0 radical (unpaired) electrons. The number of oxazole rings is 1. The minimum Gasteiger partial charge on any atom is -0.408 e. The van der Waals surface area contributed by atoms with Crippen LogP contribution in [0.15, 0.2) is 56.6 Å². The van der Waals surface area contributed by atoms with E-state index in [0.29, 0.717) is 43.2 Å². The molecule has 2 aliphatic rings. The Morgan fingerprint density at radius 3 is 2.62 bits per heavy atom. The van der Waals surface area contributed by atoms with Gasteiger partial charge in [-0.1, -0.05) is 25.1 Å². The van der Waals surface area contributed by atoms with Gasteiger partial charge in [0.1, 0.15) is 6.54 Å². The fourth-order valence-electron chi connectivity index (χ4n) is 4.54. The number of fused-ring (bicyclic) bond motifs is 2. The molecule has 0 saturated carbocycles. The third-order valence-electron chi connectivity index (χ3n) is 6.50. The highest BCUT2D eigenvalue weighted by molar-refractivity contribution is 7.92. The van der Waals surface area contributed by atoms with E-state index in [1.54, 1.807) is 17.0 Å². The molecular formula is C23H25N3O5S. The quantitative estimate of drug-likeness (QED) is 0.603. The smallest absolute Gasteiger partial charge is 0.408 e. The molecule has 5 rings (SSSR count). The topological polar surface area (TPSA) is 92.8 Å². The van der Waals surface area contributed by atoms with E-state index in [1.165, 1.54) is 21.0 Å². The zero-order valence-corrected chi connectivity index (χ0v) is 18.7. The van der Waals surface area contributed by atoms with Crippen LogP contribution in [0, 0.1) is 5.92 Å². The summed E-state index contributed by atoms with van der Waals surface area (Å²) in [5.74, 6) is -0.202. The van der Waals surface area contributed by atoms with E-state index in [2.05, 4.69) is 6.92 Å². The average Bonchev–Trinajstić information content (AvgIpc) is 3.35. The molecule has 0 atom stereocenters. The second kappa shape index (κ2) is 7.81. The zero-order valence-electron chi connectivity index (χ0n) is 17.9. The molecule has 1 amide bonds. The Labute approximate surface area is 186 Å². The van der Waals surface area contributed by atoms with Crippen LogP contribution in [0.25, 0.3) is 11.1 Å². The van der Waals surface area contributed by atoms with Crippen molar-refractivity contribution < 1.29 is 17.6 Å². The molecule has 0 aliphatic carbocycles.